The molecule has 322 valence electrons. The van der Waals surface area contributed by atoms with Gasteiger partial charge in [-0.05, 0) is 51.4 Å². The van der Waals surface area contributed by atoms with Gasteiger partial charge in [-0.2, -0.15) is 0 Å². The van der Waals surface area contributed by atoms with Crippen molar-refractivity contribution in [3.63, 3.8) is 0 Å². The number of hydrogen-bond donors (Lipinski definition) is 3. The van der Waals surface area contributed by atoms with E-state index >= 15 is 0 Å². The molecule has 1 saturated heterocycles. The highest BCUT2D eigenvalue weighted by Gasteiger charge is 2.36. The molecule has 0 amide bonds. The summed E-state index contributed by atoms with van der Waals surface area (Å²) in [4.78, 5) is 46.0. The van der Waals surface area contributed by atoms with Crippen molar-refractivity contribution >= 4 is 25.7 Å². The fraction of sp³-hybridized carbons (Fsp3) is 0.881. The summed E-state index contributed by atoms with van der Waals surface area (Å²) in [7, 11) is -4.72. The second kappa shape index (κ2) is 34.2. The van der Waals surface area contributed by atoms with Crippen LogP contribution in [-0.4, -0.2) is 72.1 Å². The van der Waals surface area contributed by atoms with Gasteiger partial charge in [-0.25, -0.2) is 4.57 Å². The molecule has 0 spiro atoms. The molecule has 5 atom stereocenters. The first-order valence-corrected chi connectivity index (χ1v) is 23.3. The number of unbranched alkanes of at least 4 members (excludes halogenated alkanes) is 20. The quantitative estimate of drug-likeness (QED) is 0.0175. The number of ether oxygens (including phenoxy) is 3. The molecule has 12 nitrogen and oxygen atoms in total. The van der Waals surface area contributed by atoms with Gasteiger partial charge in [-0.3, -0.25) is 23.4 Å². The molecule has 0 bridgehead atoms. The summed E-state index contributed by atoms with van der Waals surface area (Å²) in [5, 5.41) is 8.89. The van der Waals surface area contributed by atoms with Crippen LogP contribution in [0.1, 0.15) is 194 Å². The van der Waals surface area contributed by atoms with Gasteiger partial charge in [0, 0.05) is 12.8 Å². The molecule has 1 aliphatic heterocycles. The van der Waals surface area contributed by atoms with Crippen molar-refractivity contribution in [1.82, 2.24) is 0 Å². The van der Waals surface area contributed by atoms with Gasteiger partial charge in [0.15, 0.2) is 6.10 Å². The fourth-order valence-corrected chi connectivity index (χ4v) is 7.16. The van der Waals surface area contributed by atoms with Crippen molar-refractivity contribution in [3.05, 3.63) is 12.2 Å². The van der Waals surface area contributed by atoms with Crippen LogP contribution in [0, 0.1) is 0 Å². The maximum Gasteiger partial charge on any atom is 0.472 e. The molecule has 1 fully saturated rings. The summed E-state index contributed by atoms with van der Waals surface area (Å²) in [6.45, 7) is 2.77. The van der Waals surface area contributed by atoms with Crippen LogP contribution >= 0.6 is 7.82 Å². The molecule has 5 unspecified atom stereocenters. The summed E-state index contributed by atoms with van der Waals surface area (Å²) >= 11 is 0. The van der Waals surface area contributed by atoms with E-state index in [0.717, 1.165) is 70.6 Å². The number of phosphoric acid groups is 1. The predicted octanol–water partition coefficient (Wildman–Crippen LogP) is 10.3. The summed E-state index contributed by atoms with van der Waals surface area (Å²) in [6, 6.07) is -1.52. The molecule has 0 aromatic rings. The van der Waals surface area contributed by atoms with Gasteiger partial charge in [-0.15, -0.1) is 0 Å². The third kappa shape index (κ3) is 31.9. The van der Waals surface area contributed by atoms with Crippen LogP contribution in [0.2, 0.25) is 0 Å². The Kier molecular flexibility index (Phi) is 31.9. The lowest BCUT2D eigenvalue weighted by Crippen LogP contribution is -2.34. The van der Waals surface area contributed by atoms with E-state index in [1.54, 1.807) is 0 Å². The van der Waals surface area contributed by atoms with Crippen LogP contribution < -0.4 is 5.73 Å². The lowest BCUT2D eigenvalue weighted by molar-refractivity contribution is -0.161. The first-order chi connectivity index (χ1) is 26.6. The molecule has 1 aliphatic rings. The molecule has 0 radical (unpaired) electrons. The molecule has 0 aromatic carbocycles. The number of carbonyl (C=O) groups is 3. The van der Waals surface area contributed by atoms with E-state index in [1.165, 1.54) is 83.5 Å². The monoisotopic (exact) mass is 804 g/mol. The lowest BCUT2D eigenvalue weighted by atomic mass is 10.0. The van der Waals surface area contributed by atoms with Gasteiger partial charge < -0.3 is 29.9 Å². The van der Waals surface area contributed by atoms with Gasteiger partial charge in [0.1, 0.15) is 12.6 Å². The van der Waals surface area contributed by atoms with Crippen molar-refractivity contribution in [2.45, 2.75) is 218 Å². The van der Waals surface area contributed by atoms with Gasteiger partial charge in [0.05, 0.1) is 25.4 Å². The van der Waals surface area contributed by atoms with E-state index in [9.17, 15) is 23.8 Å². The third-order valence-corrected chi connectivity index (χ3v) is 10.9. The van der Waals surface area contributed by atoms with E-state index < -0.39 is 51.1 Å². The van der Waals surface area contributed by atoms with Crippen molar-refractivity contribution in [2.75, 3.05) is 19.8 Å². The smallest absolute Gasteiger partial charge is 0.472 e. The second-order valence-electron chi connectivity index (χ2n) is 15.2. The summed E-state index contributed by atoms with van der Waals surface area (Å²) in [5.74, 6) is -2.39. The van der Waals surface area contributed by atoms with Gasteiger partial charge in [0.25, 0.3) is 0 Å². The van der Waals surface area contributed by atoms with Crippen LogP contribution in [0.5, 0.6) is 0 Å². The Morgan fingerprint density at radius 2 is 1.07 bits per heavy atom. The molecule has 4 N–H and O–H groups in total. The number of nitrogens with two attached hydrogens (primary N) is 1. The summed E-state index contributed by atoms with van der Waals surface area (Å²) < 4.78 is 38.5. The van der Waals surface area contributed by atoms with Gasteiger partial charge in [0.2, 0.25) is 0 Å². The molecule has 1 rings (SSSR count). The number of aliphatic carboxylic acids is 1. The van der Waals surface area contributed by atoms with E-state index in [2.05, 4.69) is 30.5 Å². The topological polar surface area (TPSA) is 184 Å². The zero-order chi connectivity index (χ0) is 40.4. The van der Waals surface area contributed by atoms with Crippen LogP contribution in [0.25, 0.3) is 0 Å². The van der Waals surface area contributed by atoms with E-state index in [1.807, 2.05) is 0 Å². The number of hydrogen-bond acceptors (Lipinski definition) is 10. The molecule has 55 heavy (non-hydrogen) atoms. The number of esters is 2. The van der Waals surface area contributed by atoms with Crippen molar-refractivity contribution in [2.24, 2.45) is 5.73 Å². The molecule has 1 heterocycles. The lowest BCUT2D eigenvalue weighted by Gasteiger charge is -2.20. The maximum absolute atomic E-state index is 12.6. The normalized spacial score (nSPS) is 17.5. The number of carboxylic acids is 1. The average molecular weight is 804 g/mol. The van der Waals surface area contributed by atoms with Crippen molar-refractivity contribution < 1.29 is 52.2 Å². The first-order valence-electron chi connectivity index (χ1n) is 21.8. The number of allylic oxidation sites excluding steroid dienone is 2. The van der Waals surface area contributed by atoms with Crippen LogP contribution in [-0.2, 0) is 42.2 Å². The van der Waals surface area contributed by atoms with E-state index in [4.69, 9.17) is 29.6 Å². The number of carboxylic acid groups (broad SMARTS) is 1. The Labute approximate surface area is 333 Å². The number of epoxide rings is 1. The summed E-state index contributed by atoms with van der Waals surface area (Å²) in [6.07, 6.45) is 34.3. The predicted molar refractivity (Wildman–Crippen MR) is 217 cm³/mol. The van der Waals surface area contributed by atoms with Gasteiger partial charge >= 0.3 is 25.7 Å². The highest BCUT2D eigenvalue weighted by atomic mass is 31.2. The first kappa shape index (κ1) is 51.2. The molecule has 0 aromatic heterocycles. The molecule has 0 saturated carbocycles. The fourth-order valence-electron chi connectivity index (χ4n) is 6.38. The van der Waals surface area contributed by atoms with Crippen LogP contribution in [0.3, 0.4) is 0 Å². The Morgan fingerprint density at radius 3 is 1.60 bits per heavy atom. The van der Waals surface area contributed by atoms with Crippen LogP contribution in [0.15, 0.2) is 12.2 Å². The standard InChI is InChI=1S/C42H78NO11P/c1-3-5-7-9-10-11-12-13-14-15-16-17-20-23-27-31-40(44)50-33-36(34-51-55(48,49)52-35-37(43)42(46)47)53-41(45)32-28-24-21-18-19-22-26-30-39-38(54-39)29-25-8-6-4-2/h13-14,36-39H,3-12,15-35,43H2,1-2H3,(H,46,47)(H,48,49)/b14-13-. The second-order valence-corrected chi connectivity index (χ2v) is 16.7. The zero-order valence-corrected chi connectivity index (χ0v) is 35.4. The molecular weight excluding hydrogens is 725 g/mol. The minimum absolute atomic E-state index is 0.152. The van der Waals surface area contributed by atoms with Crippen molar-refractivity contribution in [3.8, 4) is 0 Å². The highest BCUT2D eigenvalue weighted by molar-refractivity contribution is 7.47. The minimum Gasteiger partial charge on any atom is -0.480 e. The Morgan fingerprint density at radius 1 is 0.636 bits per heavy atom. The Bertz CT molecular complexity index is 1060. The molecule has 0 aliphatic carbocycles. The molecular formula is C42H78NO11P. The van der Waals surface area contributed by atoms with Crippen LogP contribution in [0.4, 0.5) is 0 Å². The maximum atomic E-state index is 12.6. The number of carbonyl (C=O) groups excluding carboxylic acids is 2. The van der Waals surface area contributed by atoms with Gasteiger partial charge in [-0.1, -0.05) is 142 Å². The zero-order valence-electron chi connectivity index (χ0n) is 34.5. The van der Waals surface area contributed by atoms with Crippen molar-refractivity contribution in [1.29, 1.82) is 0 Å². The van der Waals surface area contributed by atoms with E-state index in [0.29, 0.717) is 25.0 Å². The highest BCUT2D eigenvalue weighted by Crippen LogP contribution is 2.43. The summed E-state index contributed by atoms with van der Waals surface area (Å²) in [5.41, 5.74) is 5.33. The minimum atomic E-state index is -4.72. The largest absolute Gasteiger partial charge is 0.480 e. The Hall–Kier alpha value is -1.82. The average Bonchev–Trinajstić information content (AvgIpc) is 3.92. The Balaban J connectivity index is 2.27. The number of phosphoric ester groups is 1. The number of rotatable bonds is 40. The van der Waals surface area contributed by atoms with E-state index in [-0.39, 0.29) is 19.4 Å². The molecule has 13 heteroatoms. The third-order valence-electron chi connectivity index (χ3n) is 9.93. The SMILES string of the molecule is CCCCCCCC/C=C\CCCCCCCC(=O)OCC(COP(=O)(O)OCC(N)C(=O)O)OC(=O)CCCCCCCCCC1OC1CCCCCC.